The molecule has 1 aromatic carbocycles. The zero-order chi connectivity index (χ0) is 16.3. The molecule has 0 fully saturated rings. The number of benzene rings is 1. The number of rotatable bonds is 4. The first-order valence-corrected chi connectivity index (χ1v) is 8.44. The molecule has 2 rings (SSSR count). The second-order valence-corrected chi connectivity index (χ2v) is 7.74. The largest absolute Gasteiger partial charge is 0.466 e. The Morgan fingerprint density at radius 3 is 2.32 bits per heavy atom. The van der Waals surface area contributed by atoms with Crippen LogP contribution >= 0.6 is 10.5 Å². The molecule has 1 atom stereocenters. The Hall–Kier alpha value is -1.61. The lowest BCUT2D eigenvalue weighted by molar-refractivity contribution is 0.00970. The minimum absolute atomic E-state index is 0.102. The molecular weight excluding hydrogens is 296 g/mol. The fraction of sp³-hybridized carbons (Fsp3) is 0.389. The van der Waals surface area contributed by atoms with E-state index in [4.69, 9.17) is 9.47 Å². The van der Waals surface area contributed by atoms with E-state index in [-0.39, 0.29) is 12.2 Å². The number of methoxy groups -OCH3 is 1. The Morgan fingerprint density at radius 1 is 1.18 bits per heavy atom. The third-order valence-electron chi connectivity index (χ3n) is 3.50. The van der Waals surface area contributed by atoms with E-state index in [9.17, 15) is 4.79 Å². The van der Waals surface area contributed by atoms with Gasteiger partial charge in [-0.15, -0.1) is 0 Å². The lowest BCUT2D eigenvalue weighted by Crippen LogP contribution is -2.10. The Kier molecular flexibility index (Phi) is 5.07. The van der Waals surface area contributed by atoms with Crippen molar-refractivity contribution in [2.45, 2.75) is 33.1 Å². The summed E-state index contributed by atoms with van der Waals surface area (Å²) in [6.45, 7) is 8.65. The maximum Gasteiger partial charge on any atom is 0.188 e. The van der Waals surface area contributed by atoms with Crippen molar-refractivity contribution in [1.29, 1.82) is 0 Å². The van der Waals surface area contributed by atoms with E-state index >= 15 is 0 Å². The van der Waals surface area contributed by atoms with Gasteiger partial charge in [0.15, 0.2) is 12.0 Å². The third-order valence-corrected chi connectivity index (χ3v) is 5.13. The molecule has 1 aliphatic rings. The number of ether oxygens (including phenoxy) is 2. The summed E-state index contributed by atoms with van der Waals surface area (Å²) in [6.07, 6.45) is 0. The lowest BCUT2D eigenvalue weighted by atomic mass is 9.86. The van der Waals surface area contributed by atoms with Gasteiger partial charge < -0.3 is 9.47 Å². The van der Waals surface area contributed by atoms with E-state index in [0.29, 0.717) is 0 Å². The van der Waals surface area contributed by atoms with Crippen LogP contribution in [0.5, 0.6) is 0 Å². The van der Waals surface area contributed by atoms with Crippen LogP contribution in [-0.2, 0) is 19.7 Å². The molecule has 0 bridgehead atoms. The Balaban J connectivity index is 2.47. The average molecular weight is 318 g/mol. The topological polar surface area (TPSA) is 35.5 Å². The van der Waals surface area contributed by atoms with Gasteiger partial charge in [-0.3, -0.25) is 0 Å². The molecule has 3 nitrogen and oxygen atoms in total. The molecule has 1 aromatic rings. The molecule has 0 N–H and O–H groups in total. The van der Waals surface area contributed by atoms with Crippen LogP contribution < -0.4 is 0 Å². The fourth-order valence-electron chi connectivity index (χ4n) is 2.31. The van der Waals surface area contributed by atoms with Crippen LogP contribution in [0.15, 0.2) is 41.0 Å². The summed E-state index contributed by atoms with van der Waals surface area (Å²) in [5.41, 5.74) is 3.32. The molecule has 0 radical (unpaired) electrons. The maximum absolute atomic E-state index is 11.3. The van der Waals surface area contributed by atoms with Crippen molar-refractivity contribution in [3.63, 3.8) is 0 Å². The molecule has 22 heavy (non-hydrogen) atoms. The monoisotopic (exact) mass is 318 g/mol. The smallest absolute Gasteiger partial charge is 0.188 e. The van der Waals surface area contributed by atoms with Crippen molar-refractivity contribution < 1.29 is 14.3 Å². The van der Waals surface area contributed by atoms with Crippen LogP contribution in [0.25, 0.3) is 4.91 Å². The average Bonchev–Trinajstić information content (AvgIpc) is 2.80. The third kappa shape index (κ3) is 3.41. The summed E-state index contributed by atoms with van der Waals surface area (Å²) in [7, 11) is 0.898. The molecule has 118 valence electrons. The normalized spacial score (nSPS) is 18.2. The molecule has 0 aliphatic carbocycles. The predicted molar refractivity (Wildman–Crippen MR) is 92.1 cm³/mol. The summed E-state index contributed by atoms with van der Waals surface area (Å²) >= 11 is 0. The van der Waals surface area contributed by atoms with Gasteiger partial charge in [-0.25, -0.2) is 4.79 Å². The molecule has 1 unspecified atom stereocenters. The van der Waals surface area contributed by atoms with Crippen LogP contribution in [-0.4, -0.2) is 19.1 Å². The molecule has 1 aliphatic heterocycles. The molecule has 1 heterocycles. The Bertz CT molecular complexity index is 669. The molecular formula is C18H22O3S. The van der Waals surface area contributed by atoms with E-state index in [1.807, 2.05) is 12.3 Å². The number of hydrogen-bond donors (Lipinski definition) is 0. The van der Waals surface area contributed by atoms with Crippen LogP contribution in [0, 0.1) is 0 Å². The van der Waals surface area contributed by atoms with Crippen molar-refractivity contribution >= 4 is 20.6 Å². The van der Waals surface area contributed by atoms with Gasteiger partial charge in [-0.05, 0) is 44.9 Å². The number of hydrogen-bond acceptors (Lipinski definition) is 3. The summed E-state index contributed by atoms with van der Waals surface area (Å²) in [4.78, 5) is 12.2. The van der Waals surface area contributed by atoms with Crippen molar-refractivity contribution in [3.8, 4) is 0 Å². The zero-order valence-corrected chi connectivity index (χ0v) is 14.5. The quantitative estimate of drug-likeness (QED) is 0.604. The fourth-order valence-corrected chi connectivity index (χ4v) is 3.83. The standard InChI is InChI=1S/C18H22O3S/c1-13-10-22(11-19)17(16(13)21-12-20-5)14-6-8-15(9-7-14)18(2,3)4/h6-10H,12H2,1-5H3. The van der Waals surface area contributed by atoms with E-state index in [1.165, 1.54) is 5.56 Å². The Labute approximate surface area is 134 Å². The summed E-state index contributed by atoms with van der Waals surface area (Å²) in [6, 6.07) is 8.32. The minimum atomic E-state index is -0.683. The van der Waals surface area contributed by atoms with Gasteiger partial charge in [-0.1, -0.05) is 45.0 Å². The van der Waals surface area contributed by atoms with Gasteiger partial charge in [-0.2, -0.15) is 0 Å². The van der Waals surface area contributed by atoms with Crippen molar-refractivity contribution in [2.24, 2.45) is 0 Å². The maximum atomic E-state index is 11.3. The number of carbonyl (C=O) groups excluding carboxylic acids is 1. The van der Waals surface area contributed by atoms with E-state index < -0.39 is 10.5 Å². The van der Waals surface area contributed by atoms with Gasteiger partial charge in [0.05, 0.1) is 4.91 Å². The number of allylic oxidation sites excluding steroid dienone is 1. The van der Waals surface area contributed by atoms with Crippen LogP contribution in [0.3, 0.4) is 0 Å². The first kappa shape index (κ1) is 16.8. The summed E-state index contributed by atoms with van der Waals surface area (Å²) in [5, 5.41) is 4.02. The van der Waals surface area contributed by atoms with Gasteiger partial charge in [0.2, 0.25) is 0 Å². The van der Waals surface area contributed by atoms with Gasteiger partial charge in [0.25, 0.3) is 0 Å². The van der Waals surface area contributed by atoms with Crippen LogP contribution in [0.2, 0.25) is 0 Å². The minimum Gasteiger partial charge on any atom is -0.466 e. The second-order valence-electron chi connectivity index (χ2n) is 6.26. The van der Waals surface area contributed by atoms with Gasteiger partial charge >= 0.3 is 0 Å². The zero-order valence-electron chi connectivity index (χ0n) is 13.7. The van der Waals surface area contributed by atoms with Crippen molar-refractivity contribution in [3.05, 3.63) is 52.1 Å². The molecule has 4 heteroatoms. The highest BCUT2D eigenvalue weighted by atomic mass is 32.2. The highest BCUT2D eigenvalue weighted by Crippen LogP contribution is 2.46. The molecule has 0 saturated heterocycles. The van der Waals surface area contributed by atoms with E-state index in [0.717, 1.165) is 21.8 Å². The molecule has 0 amide bonds. The lowest BCUT2D eigenvalue weighted by Gasteiger charge is -2.19. The van der Waals surface area contributed by atoms with Crippen LogP contribution in [0.1, 0.15) is 38.8 Å². The SMILES string of the molecule is COCOC1=C(c2ccc(C(C)(C)C)cc2)S(=C=O)C=C1C. The first-order chi connectivity index (χ1) is 10.4. The van der Waals surface area contributed by atoms with Gasteiger partial charge in [0.1, 0.15) is 5.76 Å². The highest BCUT2D eigenvalue weighted by Gasteiger charge is 2.23. The molecule has 0 saturated carbocycles. The van der Waals surface area contributed by atoms with Crippen molar-refractivity contribution in [1.82, 2.24) is 0 Å². The molecule has 0 aromatic heterocycles. The van der Waals surface area contributed by atoms with Crippen LogP contribution in [0.4, 0.5) is 0 Å². The second kappa shape index (κ2) is 6.66. The summed E-state index contributed by atoms with van der Waals surface area (Å²) in [5.74, 6) is 0.733. The Morgan fingerprint density at radius 2 is 1.82 bits per heavy atom. The molecule has 0 spiro atoms. The predicted octanol–water partition coefficient (Wildman–Crippen LogP) is 4.53. The summed E-state index contributed by atoms with van der Waals surface area (Å²) < 4.78 is 10.7. The van der Waals surface area contributed by atoms with E-state index in [1.54, 1.807) is 7.11 Å². The highest BCUT2D eigenvalue weighted by molar-refractivity contribution is 8.25. The van der Waals surface area contributed by atoms with E-state index in [2.05, 4.69) is 50.3 Å². The van der Waals surface area contributed by atoms with Gasteiger partial charge in [0, 0.05) is 7.11 Å². The van der Waals surface area contributed by atoms with Crippen molar-refractivity contribution in [2.75, 3.05) is 13.9 Å². The first-order valence-electron chi connectivity index (χ1n) is 7.15.